The third-order valence-electron chi connectivity index (χ3n) is 6.20. The van der Waals surface area contributed by atoms with Crippen LogP contribution >= 0.6 is 11.8 Å². The second kappa shape index (κ2) is 9.73. The summed E-state index contributed by atoms with van der Waals surface area (Å²) in [7, 11) is 0. The molecule has 2 aliphatic heterocycles. The summed E-state index contributed by atoms with van der Waals surface area (Å²) in [5, 5.41) is 9.36. The van der Waals surface area contributed by atoms with E-state index in [1.165, 1.54) is 75.4 Å². The van der Waals surface area contributed by atoms with E-state index in [-0.39, 0.29) is 0 Å². The highest BCUT2D eigenvalue weighted by molar-refractivity contribution is 8.12. The normalized spacial score (nSPS) is 17.2. The van der Waals surface area contributed by atoms with E-state index in [0.717, 1.165) is 22.8 Å². The van der Waals surface area contributed by atoms with Crippen LogP contribution in [0.4, 0.5) is 11.4 Å². The molecule has 0 spiro atoms. The number of para-hydroxylation sites is 1. The van der Waals surface area contributed by atoms with Crippen LogP contribution in [0.3, 0.4) is 0 Å². The van der Waals surface area contributed by atoms with Crippen molar-refractivity contribution in [1.29, 1.82) is 0 Å². The molecular formula is C24H31N6S+. The zero-order chi connectivity index (χ0) is 20.9. The number of piperidine rings is 2. The molecular weight excluding hydrogens is 404 g/mol. The summed E-state index contributed by atoms with van der Waals surface area (Å²) in [6, 6.07) is 12.7. The zero-order valence-corrected chi connectivity index (χ0v) is 18.9. The average Bonchev–Trinajstić information content (AvgIpc) is 3.32. The second-order valence-electron chi connectivity index (χ2n) is 8.40. The van der Waals surface area contributed by atoms with Gasteiger partial charge in [-0.3, -0.25) is 9.48 Å². The second-order valence-corrected chi connectivity index (χ2v) is 9.34. The van der Waals surface area contributed by atoms with E-state index >= 15 is 0 Å². The minimum Gasteiger partial charge on any atom is -0.352 e. The van der Waals surface area contributed by atoms with Crippen LogP contribution in [0, 0.1) is 0 Å². The lowest BCUT2D eigenvalue weighted by Crippen LogP contribution is -2.41. The molecule has 0 amide bonds. The van der Waals surface area contributed by atoms with Crippen LogP contribution < -0.4 is 5.32 Å². The fourth-order valence-electron chi connectivity index (χ4n) is 4.55. The summed E-state index contributed by atoms with van der Waals surface area (Å²) in [4.78, 5) is 7.05. The predicted molar refractivity (Wildman–Crippen MR) is 128 cm³/mol. The van der Waals surface area contributed by atoms with E-state index in [4.69, 9.17) is 0 Å². The number of likely N-dealkylation sites (tertiary alicyclic amines) is 1. The molecule has 1 aromatic carbocycles. The van der Waals surface area contributed by atoms with E-state index in [9.17, 15) is 0 Å². The minimum atomic E-state index is 0.846. The first-order valence-electron chi connectivity index (χ1n) is 11.5. The van der Waals surface area contributed by atoms with E-state index < -0.39 is 0 Å². The van der Waals surface area contributed by atoms with Crippen LogP contribution in [-0.2, 0) is 5.75 Å². The summed E-state index contributed by atoms with van der Waals surface area (Å²) in [5.74, 6) is 0.960. The molecule has 31 heavy (non-hydrogen) atoms. The Morgan fingerprint density at radius 3 is 2.58 bits per heavy atom. The van der Waals surface area contributed by atoms with Crippen molar-refractivity contribution < 1.29 is 4.58 Å². The lowest BCUT2D eigenvalue weighted by Gasteiger charge is -2.27. The lowest BCUT2D eigenvalue weighted by atomic mass is 10.1. The summed E-state index contributed by atoms with van der Waals surface area (Å²) in [5.41, 5.74) is 4.29. The standard InChI is InChI=1S/C24H31N6S/c1-5-13-28(14-6-1)24(29-15-7-2-8-16-29)31-18-20-10-3-4-11-21(20)27-22-12-9-17-30-23(22)25-19-26-30/h3-4,9-12,17,19,27H,1-2,5-8,13-16,18H2/q+1. The molecule has 0 atom stereocenters. The van der Waals surface area contributed by atoms with Crippen LogP contribution in [0.1, 0.15) is 44.1 Å². The van der Waals surface area contributed by atoms with Gasteiger partial charge in [-0.25, -0.2) is 9.50 Å². The van der Waals surface area contributed by atoms with Gasteiger partial charge in [-0.15, -0.1) is 0 Å². The first-order chi connectivity index (χ1) is 15.4. The maximum atomic E-state index is 4.41. The Balaban J connectivity index is 1.37. The van der Waals surface area contributed by atoms with Crippen LogP contribution in [-0.4, -0.2) is 55.4 Å². The van der Waals surface area contributed by atoms with Gasteiger partial charge < -0.3 is 5.32 Å². The number of amidine groups is 1. The molecule has 0 bridgehead atoms. The molecule has 162 valence electrons. The topological polar surface area (TPSA) is 48.5 Å². The van der Waals surface area contributed by atoms with Gasteiger partial charge in [0.1, 0.15) is 6.33 Å². The first-order valence-corrected chi connectivity index (χ1v) is 12.5. The SMILES string of the molecule is c1ccc(Nc2cccn3ncnc23)c(CSC(N2CCCCC2)=[N+]2CCCCC2)c1. The Hall–Kier alpha value is -2.54. The van der Waals surface area contributed by atoms with Gasteiger partial charge in [-0.2, -0.15) is 5.10 Å². The minimum absolute atomic E-state index is 0.846. The van der Waals surface area contributed by atoms with Crippen molar-refractivity contribution in [2.75, 3.05) is 31.5 Å². The zero-order valence-electron chi connectivity index (χ0n) is 18.0. The van der Waals surface area contributed by atoms with Crippen molar-refractivity contribution in [2.45, 2.75) is 44.3 Å². The monoisotopic (exact) mass is 435 g/mol. The third-order valence-corrected chi connectivity index (χ3v) is 7.43. The summed E-state index contributed by atoms with van der Waals surface area (Å²) in [6.45, 7) is 4.81. The molecule has 0 saturated carbocycles. The van der Waals surface area contributed by atoms with Crippen LogP contribution in [0.5, 0.6) is 0 Å². The van der Waals surface area contributed by atoms with Gasteiger partial charge in [0.15, 0.2) is 5.65 Å². The molecule has 0 unspecified atom stereocenters. The quantitative estimate of drug-likeness (QED) is 0.474. The smallest absolute Gasteiger partial charge is 0.308 e. The third kappa shape index (κ3) is 4.71. The molecule has 4 heterocycles. The van der Waals surface area contributed by atoms with Crippen LogP contribution in [0.15, 0.2) is 48.9 Å². The largest absolute Gasteiger partial charge is 0.352 e. The summed E-state index contributed by atoms with van der Waals surface area (Å²) < 4.78 is 4.45. The Kier molecular flexibility index (Phi) is 6.39. The van der Waals surface area contributed by atoms with Gasteiger partial charge in [-0.05, 0) is 74.0 Å². The summed E-state index contributed by atoms with van der Waals surface area (Å²) >= 11 is 2.01. The summed E-state index contributed by atoms with van der Waals surface area (Å²) in [6.07, 6.45) is 11.5. The number of aromatic nitrogens is 3. The van der Waals surface area contributed by atoms with Crippen molar-refractivity contribution in [3.05, 3.63) is 54.5 Å². The Morgan fingerprint density at radius 2 is 1.71 bits per heavy atom. The lowest BCUT2D eigenvalue weighted by molar-refractivity contribution is -0.539. The molecule has 2 fully saturated rings. The molecule has 3 aromatic rings. The number of hydrogen-bond acceptors (Lipinski definition) is 4. The molecule has 7 heteroatoms. The highest BCUT2D eigenvalue weighted by Gasteiger charge is 2.27. The number of pyridine rings is 1. The van der Waals surface area contributed by atoms with E-state index in [2.05, 4.69) is 55.2 Å². The fraction of sp³-hybridized carbons (Fsp3) is 0.458. The van der Waals surface area contributed by atoms with Gasteiger partial charge in [0.05, 0.1) is 31.9 Å². The molecule has 5 rings (SSSR count). The Labute approximate surface area is 188 Å². The number of thioether (sulfide) groups is 1. The molecule has 1 N–H and O–H groups in total. The number of nitrogens with zero attached hydrogens (tertiary/aromatic N) is 5. The van der Waals surface area contributed by atoms with Crippen molar-refractivity contribution in [2.24, 2.45) is 0 Å². The molecule has 0 radical (unpaired) electrons. The average molecular weight is 436 g/mol. The number of rotatable bonds is 4. The molecule has 6 nitrogen and oxygen atoms in total. The van der Waals surface area contributed by atoms with Gasteiger partial charge in [0.2, 0.25) is 0 Å². The van der Waals surface area contributed by atoms with E-state index in [0.29, 0.717) is 0 Å². The Bertz CT molecular complexity index is 1040. The predicted octanol–water partition coefficient (Wildman–Crippen LogP) is 4.74. The van der Waals surface area contributed by atoms with Gasteiger partial charge >= 0.3 is 5.17 Å². The maximum absolute atomic E-state index is 4.41. The van der Waals surface area contributed by atoms with Gasteiger partial charge in [0.25, 0.3) is 0 Å². The highest BCUT2D eigenvalue weighted by Crippen LogP contribution is 2.28. The van der Waals surface area contributed by atoms with Crippen molar-refractivity contribution in [3.63, 3.8) is 0 Å². The van der Waals surface area contributed by atoms with E-state index in [1.807, 2.05) is 24.0 Å². The highest BCUT2D eigenvalue weighted by atomic mass is 32.2. The molecule has 2 saturated heterocycles. The number of anilines is 2. The fourth-order valence-corrected chi connectivity index (χ4v) is 5.82. The van der Waals surface area contributed by atoms with Crippen molar-refractivity contribution >= 4 is 34.0 Å². The van der Waals surface area contributed by atoms with Gasteiger partial charge in [-0.1, -0.05) is 18.2 Å². The van der Waals surface area contributed by atoms with E-state index in [1.54, 1.807) is 10.8 Å². The first kappa shape index (κ1) is 20.4. The molecule has 2 aliphatic rings. The van der Waals surface area contributed by atoms with Crippen molar-refractivity contribution in [1.82, 2.24) is 19.5 Å². The van der Waals surface area contributed by atoms with Crippen molar-refractivity contribution in [3.8, 4) is 0 Å². The maximum Gasteiger partial charge on any atom is 0.308 e. The van der Waals surface area contributed by atoms with Crippen LogP contribution in [0.25, 0.3) is 5.65 Å². The van der Waals surface area contributed by atoms with Crippen LogP contribution in [0.2, 0.25) is 0 Å². The Morgan fingerprint density at radius 1 is 0.935 bits per heavy atom. The molecule has 0 aliphatic carbocycles. The molecule has 2 aromatic heterocycles. The number of benzene rings is 1. The number of fused-ring (bicyclic) bond motifs is 1. The number of hydrogen-bond donors (Lipinski definition) is 1. The van der Waals surface area contributed by atoms with Gasteiger partial charge in [0, 0.05) is 17.6 Å². The number of nitrogens with one attached hydrogen (secondary N) is 1.